The van der Waals surface area contributed by atoms with Crippen LogP contribution in [0.25, 0.3) is 0 Å². The zero-order valence-corrected chi connectivity index (χ0v) is 8.71. The number of halogens is 1. The molecule has 0 rings (SSSR count). The molecule has 0 fully saturated rings. The maximum Gasteiger partial charge on any atom is 0.0781 e. The van der Waals surface area contributed by atoms with Crippen LogP contribution in [0.2, 0.25) is 19.6 Å². The summed E-state index contributed by atoms with van der Waals surface area (Å²) in [5.74, 6) is 0. The Kier molecular flexibility index (Phi) is 5.83. The van der Waals surface area contributed by atoms with Crippen LogP contribution in [0.5, 0.6) is 0 Å². The third-order valence-electron chi connectivity index (χ3n) is 1.57. The van der Waals surface area contributed by atoms with E-state index in [0.29, 0.717) is 5.73 Å². The lowest BCUT2D eigenvalue weighted by Gasteiger charge is -2.22. The van der Waals surface area contributed by atoms with Crippen LogP contribution in [0, 0.1) is 0 Å². The van der Waals surface area contributed by atoms with Gasteiger partial charge < -0.3 is 4.74 Å². The van der Waals surface area contributed by atoms with Gasteiger partial charge in [0, 0.05) is 12.8 Å². The Labute approximate surface area is 65.2 Å². The van der Waals surface area contributed by atoms with Crippen LogP contribution in [0.1, 0.15) is 6.92 Å². The van der Waals surface area contributed by atoms with Gasteiger partial charge in [-0.05, 0) is 6.92 Å². The molecule has 1 unspecified atom stereocenters. The van der Waals surface area contributed by atoms with Crippen molar-refractivity contribution in [3.8, 4) is 0 Å². The van der Waals surface area contributed by atoms with Gasteiger partial charge >= 0.3 is 0 Å². The van der Waals surface area contributed by atoms with E-state index in [1.165, 1.54) is 0 Å². The van der Waals surface area contributed by atoms with Crippen molar-refractivity contribution in [1.29, 1.82) is 0 Å². The summed E-state index contributed by atoms with van der Waals surface area (Å²) >= 11 is 0. The summed E-state index contributed by atoms with van der Waals surface area (Å²) in [4.78, 5) is 0. The molecule has 0 aromatic heterocycles. The van der Waals surface area contributed by atoms with Crippen molar-refractivity contribution >= 4 is 20.5 Å². The van der Waals surface area contributed by atoms with Gasteiger partial charge in [0.1, 0.15) is 0 Å². The van der Waals surface area contributed by atoms with Gasteiger partial charge in [-0.3, -0.25) is 0 Å². The van der Waals surface area contributed by atoms with E-state index in [4.69, 9.17) is 4.74 Å². The monoisotopic (exact) mass is 168 g/mol. The average molecular weight is 169 g/mol. The van der Waals surface area contributed by atoms with Crippen molar-refractivity contribution in [2.75, 3.05) is 7.11 Å². The lowest BCUT2D eigenvalue weighted by Crippen LogP contribution is -2.36. The molecule has 0 saturated heterocycles. The predicted octanol–water partition coefficient (Wildman–Crippen LogP) is 2.32. The fraction of sp³-hybridized carbons (Fsp3) is 1.00. The molecular formula is C6H17ClOSi. The van der Waals surface area contributed by atoms with E-state index >= 15 is 0 Å². The van der Waals surface area contributed by atoms with E-state index in [1.54, 1.807) is 7.11 Å². The summed E-state index contributed by atoms with van der Waals surface area (Å²) < 4.78 is 5.18. The Bertz CT molecular complexity index is 69.9. The quantitative estimate of drug-likeness (QED) is 0.576. The number of methoxy groups -OCH3 is 1. The van der Waals surface area contributed by atoms with Gasteiger partial charge in [0.2, 0.25) is 0 Å². The molecule has 0 radical (unpaired) electrons. The summed E-state index contributed by atoms with van der Waals surface area (Å²) in [5.41, 5.74) is 0.488. The largest absolute Gasteiger partial charge is 0.385 e. The van der Waals surface area contributed by atoms with E-state index in [0.717, 1.165) is 0 Å². The van der Waals surface area contributed by atoms with E-state index in [9.17, 15) is 0 Å². The van der Waals surface area contributed by atoms with Crippen molar-refractivity contribution in [3.63, 3.8) is 0 Å². The molecule has 0 bridgehead atoms. The second-order valence-electron chi connectivity index (χ2n) is 3.24. The zero-order chi connectivity index (χ0) is 6.78. The Morgan fingerprint density at radius 3 is 1.56 bits per heavy atom. The van der Waals surface area contributed by atoms with E-state index < -0.39 is 8.07 Å². The number of hydrogen-bond donors (Lipinski definition) is 0. The Balaban J connectivity index is 0. The highest BCUT2D eigenvalue weighted by atomic mass is 35.5. The number of ether oxygens (including phenoxy) is 1. The first-order valence-electron chi connectivity index (χ1n) is 3.01. The Morgan fingerprint density at radius 2 is 1.56 bits per heavy atom. The van der Waals surface area contributed by atoms with Crippen LogP contribution in [0.15, 0.2) is 0 Å². The first-order valence-corrected chi connectivity index (χ1v) is 6.59. The second kappa shape index (κ2) is 4.31. The lowest BCUT2D eigenvalue weighted by atomic mass is 10.8. The fourth-order valence-corrected chi connectivity index (χ4v) is 1.06. The van der Waals surface area contributed by atoms with Crippen LogP contribution in [0.4, 0.5) is 0 Å². The van der Waals surface area contributed by atoms with Crippen molar-refractivity contribution in [1.82, 2.24) is 0 Å². The molecule has 0 aliphatic carbocycles. The van der Waals surface area contributed by atoms with E-state index in [-0.39, 0.29) is 12.4 Å². The number of rotatable bonds is 2. The molecule has 1 atom stereocenters. The van der Waals surface area contributed by atoms with Gasteiger partial charge in [0.15, 0.2) is 0 Å². The van der Waals surface area contributed by atoms with E-state index in [2.05, 4.69) is 26.6 Å². The molecule has 58 valence electrons. The molecule has 0 heterocycles. The van der Waals surface area contributed by atoms with Gasteiger partial charge in [0.05, 0.1) is 8.07 Å². The molecule has 3 heteroatoms. The Morgan fingerprint density at radius 1 is 1.22 bits per heavy atom. The minimum atomic E-state index is -0.983. The average Bonchev–Trinajstić information content (AvgIpc) is 1.62. The normalized spacial score (nSPS) is 14.3. The van der Waals surface area contributed by atoms with Gasteiger partial charge in [-0.15, -0.1) is 12.4 Å². The minimum Gasteiger partial charge on any atom is -0.385 e. The molecule has 0 amide bonds. The maximum absolute atomic E-state index is 5.18. The van der Waals surface area contributed by atoms with Crippen LogP contribution >= 0.6 is 12.4 Å². The van der Waals surface area contributed by atoms with Gasteiger partial charge in [-0.1, -0.05) is 19.6 Å². The standard InChI is InChI=1S/C6H16OSi.ClH/c1-6(7-2)8(3,4)5;/h6H,1-5H3;1H. The van der Waals surface area contributed by atoms with Crippen LogP contribution in [-0.4, -0.2) is 20.9 Å². The molecule has 0 aliphatic rings. The van der Waals surface area contributed by atoms with Crippen LogP contribution < -0.4 is 0 Å². The molecular weight excluding hydrogens is 152 g/mol. The van der Waals surface area contributed by atoms with Gasteiger partial charge in [-0.25, -0.2) is 0 Å². The third-order valence-corrected chi connectivity index (χ3v) is 4.25. The SMILES string of the molecule is COC(C)[Si](C)(C)C.Cl. The minimum absolute atomic E-state index is 0. The van der Waals surface area contributed by atoms with Crippen molar-refractivity contribution in [2.24, 2.45) is 0 Å². The molecule has 9 heavy (non-hydrogen) atoms. The Hall–Kier alpha value is 0.467. The van der Waals surface area contributed by atoms with Gasteiger partial charge in [-0.2, -0.15) is 0 Å². The molecule has 1 nitrogen and oxygen atoms in total. The van der Waals surface area contributed by atoms with Crippen LogP contribution in [-0.2, 0) is 4.74 Å². The highest BCUT2D eigenvalue weighted by molar-refractivity contribution is 6.77. The van der Waals surface area contributed by atoms with Crippen molar-refractivity contribution < 1.29 is 4.74 Å². The first kappa shape index (κ1) is 12.2. The predicted molar refractivity (Wildman–Crippen MR) is 47.1 cm³/mol. The summed E-state index contributed by atoms with van der Waals surface area (Å²) in [7, 11) is 0.798. The summed E-state index contributed by atoms with van der Waals surface area (Å²) in [5, 5.41) is 0. The van der Waals surface area contributed by atoms with Gasteiger partial charge in [0.25, 0.3) is 0 Å². The molecule has 0 aliphatic heterocycles. The summed E-state index contributed by atoms with van der Waals surface area (Å²) in [6.07, 6.45) is 0. The smallest absolute Gasteiger partial charge is 0.0781 e. The summed E-state index contributed by atoms with van der Waals surface area (Å²) in [6.45, 7) is 9.07. The van der Waals surface area contributed by atoms with Crippen molar-refractivity contribution in [2.45, 2.75) is 32.3 Å². The van der Waals surface area contributed by atoms with E-state index in [1.807, 2.05) is 0 Å². The molecule has 0 N–H and O–H groups in total. The molecule has 0 aromatic rings. The highest BCUT2D eigenvalue weighted by Gasteiger charge is 2.21. The zero-order valence-electron chi connectivity index (χ0n) is 6.89. The maximum atomic E-state index is 5.18. The molecule has 0 aromatic carbocycles. The highest BCUT2D eigenvalue weighted by Crippen LogP contribution is 2.08. The molecule has 0 saturated carbocycles. The number of hydrogen-bond acceptors (Lipinski definition) is 1. The summed E-state index contributed by atoms with van der Waals surface area (Å²) in [6, 6.07) is 0. The second-order valence-corrected chi connectivity index (χ2v) is 8.79. The third kappa shape index (κ3) is 4.94. The topological polar surface area (TPSA) is 9.23 Å². The fourth-order valence-electron chi connectivity index (χ4n) is 0.354. The first-order chi connectivity index (χ1) is 3.48. The lowest BCUT2D eigenvalue weighted by molar-refractivity contribution is 0.172. The van der Waals surface area contributed by atoms with Crippen molar-refractivity contribution in [3.05, 3.63) is 0 Å². The molecule has 0 spiro atoms. The van der Waals surface area contributed by atoms with Crippen LogP contribution in [0.3, 0.4) is 0 Å².